The minimum absolute atomic E-state index is 0.0461. The number of hydrogen-bond acceptors (Lipinski definition) is 6. The van der Waals surface area contributed by atoms with Crippen LogP contribution in [-0.4, -0.2) is 38.5 Å². The van der Waals surface area contributed by atoms with Gasteiger partial charge in [0, 0.05) is 11.3 Å². The van der Waals surface area contributed by atoms with E-state index in [1.807, 2.05) is 0 Å². The summed E-state index contributed by atoms with van der Waals surface area (Å²) in [4.78, 5) is 45.8. The van der Waals surface area contributed by atoms with Crippen molar-refractivity contribution in [1.82, 2.24) is 14.5 Å². The van der Waals surface area contributed by atoms with E-state index >= 15 is 0 Å². The Morgan fingerprint density at radius 1 is 1.11 bits per heavy atom. The third kappa shape index (κ3) is 4.88. The maximum atomic E-state index is 13.3. The van der Waals surface area contributed by atoms with E-state index in [4.69, 9.17) is 0 Å². The molecular formula is C25H21F2N3O4S. The number of halogens is 2. The molecule has 0 saturated carbocycles. The number of alkyl halides is 2. The Labute approximate surface area is 203 Å². The van der Waals surface area contributed by atoms with Crippen LogP contribution in [0.25, 0.3) is 16.6 Å². The molecule has 2 aromatic heterocycles. The van der Waals surface area contributed by atoms with Crippen molar-refractivity contribution in [3.8, 4) is 11.4 Å². The molecule has 1 N–H and O–H groups in total. The molecule has 0 aliphatic heterocycles. The van der Waals surface area contributed by atoms with Crippen molar-refractivity contribution >= 4 is 34.2 Å². The molecule has 180 valence electrons. The summed E-state index contributed by atoms with van der Waals surface area (Å²) < 4.78 is 30.8. The number of nitrogens with one attached hydrogen (secondary N) is 1. The number of aryl methyl sites for hydroxylation is 1. The Hall–Kier alpha value is -3.79. The number of ether oxygens (including phenoxy) is 1. The molecule has 0 saturated heterocycles. The first-order chi connectivity index (χ1) is 16.7. The van der Waals surface area contributed by atoms with Crippen LogP contribution >= 0.6 is 11.8 Å². The minimum Gasteiger partial charge on any atom is -0.435 e. The maximum Gasteiger partial charge on any atom is 0.387 e. The lowest BCUT2D eigenvalue weighted by atomic mass is 10.1. The fourth-order valence-corrected chi connectivity index (χ4v) is 4.86. The van der Waals surface area contributed by atoms with Crippen molar-refractivity contribution in [2.45, 2.75) is 32.5 Å². The number of aromatic amines is 1. The van der Waals surface area contributed by atoms with Gasteiger partial charge in [-0.25, -0.2) is 4.98 Å². The summed E-state index contributed by atoms with van der Waals surface area (Å²) in [5.41, 5.74) is 2.52. The summed E-state index contributed by atoms with van der Waals surface area (Å²) in [6, 6.07) is 12.4. The number of carbonyl (C=O) groups excluding carboxylic acids is 2. The average molecular weight is 498 g/mol. The van der Waals surface area contributed by atoms with Gasteiger partial charge in [-0.2, -0.15) is 8.78 Å². The number of H-pyrrole nitrogens is 1. The van der Waals surface area contributed by atoms with E-state index in [1.165, 1.54) is 35.8 Å². The Bertz CT molecular complexity index is 1490. The number of ketones is 2. The van der Waals surface area contributed by atoms with Gasteiger partial charge in [0.1, 0.15) is 5.75 Å². The summed E-state index contributed by atoms with van der Waals surface area (Å²) in [6.45, 7) is 1.93. The number of nitrogens with zero attached hydrogens (tertiary/aromatic N) is 2. The highest BCUT2D eigenvalue weighted by atomic mass is 32.2. The molecule has 10 heteroatoms. The van der Waals surface area contributed by atoms with Crippen LogP contribution in [0.4, 0.5) is 8.78 Å². The third-order valence-electron chi connectivity index (χ3n) is 5.47. The predicted molar refractivity (Wildman–Crippen MR) is 129 cm³/mol. The van der Waals surface area contributed by atoms with Gasteiger partial charge in [-0.1, -0.05) is 23.9 Å². The number of benzene rings is 2. The number of fused-ring (bicyclic) bond motifs is 1. The van der Waals surface area contributed by atoms with Gasteiger partial charge in [-0.05, 0) is 62.7 Å². The van der Waals surface area contributed by atoms with Crippen molar-refractivity contribution < 1.29 is 23.1 Å². The topological polar surface area (TPSA) is 94.0 Å². The number of hydrogen-bond donors (Lipinski definition) is 1. The SMILES string of the molecule is CC(=O)c1c(C)[nH]c(C(=O)CSc2nc3ccccc3c(=O)n2-c2ccc(OC(F)F)cc2)c1C. The Morgan fingerprint density at radius 3 is 2.43 bits per heavy atom. The van der Waals surface area contributed by atoms with E-state index in [1.54, 1.807) is 38.1 Å². The van der Waals surface area contributed by atoms with Gasteiger partial charge in [0.15, 0.2) is 16.7 Å². The van der Waals surface area contributed by atoms with Gasteiger partial charge >= 0.3 is 6.61 Å². The van der Waals surface area contributed by atoms with Crippen molar-refractivity contribution in [2.24, 2.45) is 0 Å². The molecule has 0 unspecified atom stereocenters. The zero-order valence-electron chi connectivity index (χ0n) is 19.1. The van der Waals surface area contributed by atoms with Crippen LogP contribution in [0.3, 0.4) is 0 Å². The monoisotopic (exact) mass is 497 g/mol. The zero-order valence-corrected chi connectivity index (χ0v) is 19.9. The fraction of sp³-hybridized carbons (Fsp3) is 0.200. The summed E-state index contributed by atoms with van der Waals surface area (Å²) in [6.07, 6.45) is 0. The van der Waals surface area contributed by atoms with Crippen LogP contribution in [0.1, 0.15) is 39.0 Å². The predicted octanol–water partition coefficient (Wildman–Crippen LogP) is 5.11. The van der Waals surface area contributed by atoms with Crippen molar-refractivity contribution in [3.05, 3.63) is 81.4 Å². The van der Waals surface area contributed by atoms with Crippen LogP contribution in [0.5, 0.6) is 5.75 Å². The second-order valence-electron chi connectivity index (χ2n) is 7.82. The Kier molecular flexibility index (Phi) is 6.83. The number of Topliss-reactive ketones (excluding diaryl/α,β-unsaturated/α-hetero) is 2. The van der Waals surface area contributed by atoms with E-state index in [2.05, 4.69) is 14.7 Å². The second-order valence-corrected chi connectivity index (χ2v) is 8.76. The fourth-order valence-electron chi connectivity index (χ4n) is 3.97. The number of para-hydroxylation sites is 1. The third-order valence-corrected chi connectivity index (χ3v) is 6.40. The molecule has 0 spiro atoms. The second kappa shape index (κ2) is 9.83. The number of rotatable bonds is 8. The van der Waals surface area contributed by atoms with Crippen molar-refractivity contribution in [3.63, 3.8) is 0 Å². The van der Waals surface area contributed by atoms with E-state index in [9.17, 15) is 23.2 Å². The molecule has 35 heavy (non-hydrogen) atoms. The first-order valence-electron chi connectivity index (χ1n) is 10.6. The van der Waals surface area contributed by atoms with Gasteiger partial charge in [-0.3, -0.25) is 19.0 Å². The van der Waals surface area contributed by atoms with Crippen LogP contribution in [-0.2, 0) is 0 Å². The summed E-state index contributed by atoms with van der Waals surface area (Å²) in [7, 11) is 0. The summed E-state index contributed by atoms with van der Waals surface area (Å²) in [5, 5.41) is 0.635. The molecule has 0 amide bonds. The van der Waals surface area contributed by atoms with E-state index < -0.39 is 6.61 Å². The average Bonchev–Trinajstić information content (AvgIpc) is 3.12. The van der Waals surface area contributed by atoms with Crippen LogP contribution in [0.2, 0.25) is 0 Å². The van der Waals surface area contributed by atoms with Crippen molar-refractivity contribution in [2.75, 3.05) is 5.75 Å². The van der Waals surface area contributed by atoms with E-state index in [0.29, 0.717) is 39.1 Å². The van der Waals surface area contributed by atoms with Crippen molar-refractivity contribution in [1.29, 1.82) is 0 Å². The van der Waals surface area contributed by atoms with Gasteiger partial charge in [0.25, 0.3) is 5.56 Å². The van der Waals surface area contributed by atoms with Gasteiger partial charge in [0.2, 0.25) is 0 Å². The molecule has 7 nitrogen and oxygen atoms in total. The molecule has 0 aliphatic rings. The zero-order chi connectivity index (χ0) is 25.3. The van der Waals surface area contributed by atoms with Gasteiger partial charge in [0.05, 0.1) is 28.0 Å². The lowest BCUT2D eigenvalue weighted by Crippen LogP contribution is -2.22. The molecule has 2 aromatic carbocycles. The lowest BCUT2D eigenvalue weighted by Gasteiger charge is -2.14. The van der Waals surface area contributed by atoms with Crippen LogP contribution in [0.15, 0.2) is 58.5 Å². The Balaban J connectivity index is 1.72. The minimum atomic E-state index is -2.97. The molecule has 0 atom stereocenters. The standard InChI is InChI=1S/C25H21F2N3O4S/c1-13-21(15(3)31)14(2)28-22(13)20(32)12-35-25-29-19-7-5-4-6-18(19)23(33)30(25)16-8-10-17(11-9-16)34-24(26)27/h4-11,24,28H,12H2,1-3H3. The quantitative estimate of drug-likeness (QED) is 0.207. The molecule has 4 rings (SSSR count). The molecule has 0 radical (unpaired) electrons. The first-order valence-corrected chi connectivity index (χ1v) is 11.6. The highest BCUT2D eigenvalue weighted by Gasteiger charge is 2.21. The molecule has 0 fully saturated rings. The summed E-state index contributed by atoms with van der Waals surface area (Å²) in [5.74, 6) is -0.478. The molecule has 0 aliphatic carbocycles. The first kappa shape index (κ1) is 24.3. The van der Waals surface area contributed by atoms with Gasteiger partial charge in [-0.15, -0.1) is 0 Å². The number of thioether (sulfide) groups is 1. The molecule has 0 bridgehead atoms. The number of carbonyl (C=O) groups is 2. The molecular weight excluding hydrogens is 476 g/mol. The van der Waals surface area contributed by atoms with Crippen LogP contribution < -0.4 is 10.3 Å². The molecule has 2 heterocycles. The van der Waals surface area contributed by atoms with E-state index in [-0.39, 0.29) is 33.8 Å². The highest BCUT2D eigenvalue weighted by molar-refractivity contribution is 7.99. The number of aromatic nitrogens is 3. The van der Waals surface area contributed by atoms with Gasteiger partial charge < -0.3 is 9.72 Å². The largest absolute Gasteiger partial charge is 0.435 e. The Morgan fingerprint density at radius 2 is 1.80 bits per heavy atom. The highest BCUT2D eigenvalue weighted by Crippen LogP contribution is 2.26. The molecule has 4 aromatic rings. The lowest BCUT2D eigenvalue weighted by molar-refractivity contribution is -0.0498. The summed E-state index contributed by atoms with van der Waals surface area (Å²) >= 11 is 1.07. The normalized spacial score (nSPS) is 11.3. The van der Waals surface area contributed by atoms with Crippen LogP contribution in [0, 0.1) is 13.8 Å². The maximum absolute atomic E-state index is 13.3. The van der Waals surface area contributed by atoms with E-state index in [0.717, 1.165) is 11.8 Å². The smallest absolute Gasteiger partial charge is 0.387 e.